The van der Waals surface area contributed by atoms with Crippen molar-refractivity contribution in [2.24, 2.45) is 5.92 Å². The van der Waals surface area contributed by atoms with Crippen LogP contribution in [-0.2, 0) is 6.42 Å². The minimum absolute atomic E-state index is 0.0000203. The second-order valence-electron chi connectivity index (χ2n) is 6.81. The minimum Gasteiger partial charge on any atom is -0.507 e. The number of benzene rings is 2. The molecule has 6 heteroatoms. The number of ketones is 3. The average molecular weight is 352 g/mol. The summed E-state index contributed by atoms with van der Waals surface area (Å²) in [6, 6.07) is 4.17. The lowest BCUT2D eigenvalue weighted by atomic mass is 9.74. The summed E-state index contributed by atoms with van der Waals surface area (Å²) in [4.78, 5) is 38.7. The molecule has 26 heavy (non-hydrogen) atoms. The second-order valence-corrected chi connectivity index (χ2v) is 6.81. The average Bonchev–Trinajstić information content (AvgIpc) is 2.58. The number of aromatic hydroxyl groups is 2. The number of hydrogen-bond acceptors (Lipinski definition) is 6. The third kappa shape index (κ3) is 2.02. The van der Waals surface area contributed by atoms with Gasteiger partial charge in [0.1, 0.15) is 5.75 Å². The van der Waals surface area contributed by atoms with Crippen LogP contribution in [0.5, 0.6) is 17.2 Å². The van der Waals surface area contributed by atoms with E-state index in [0.29, 0.717) is 12.0 Å². The van der Waals surface area contributed by atoms with Crippen molar-refractivity contribution in [3.8, 4) is 17.2 Å². The third-order valence-electron chi connectivity index (χ3n) is 5.06. The Morgan fingerprint density at radius 1 is 0.962 bits per heavy atom. The highest BCUT2D eigenvalue weighted by atomic mass is 16.5. The number of Topliss-reactive ketones (excluding diaryl/α,β-unsaturated/α-hetero) is 1. The second kappa shape index (κ2) is 5.42. The van der Waals surface area contributed by atoms with Gasteiger partial charge >= 0.3 is 0 Å². The number of carbonyl (C=O) groups is 3. The zero-order valence-electron chi connectivity index (χ0n) is 14.3. The number of methoxy groups -OCH3 is 1. The van der Waals surface area contributed by atoms with E-state index in [1.54, 1.807) is 0 Å². The predicted molar refractivity (Wildman–Crippen MR) is 91.4 cm³/mol. The molecule has 0 bridgehead atoms. The molecule has 0 aliphatic heterocycles. The van der Waals surface area contributed by atoms with E-state index >= 15 is 0 Å². The molecule has 0 saturated carbocycles. The summed E-state index contributed by atoms with van der Waals surface area (Å²) in [5.41, 5.74) is 0.294. The molecule has 4 rings (SSSR count). The van der Waals surface area contributed by atoms with Crippen molar-refractivity contribution in [2.45, 2.75) is 19.8 Å². The summed E-state index contributed by atoms with van der Waals surface area (Å²) in [7, 11) is 1.33. The molecule has 0 amide bonds. The molecule has 0 spiro atoms. The molecule has 2 aliphatic carbocycles. The molecule has 6 nitrogen and oxygen atoms in total. The highest BCUT2D eigenvalue weighted by molar-refractivity contribution is 6.33. The molecule has 0 radical (unpaired) electrons. The van der Waals surface area contributed by atoms with Gasteiger partial charge in [0, 0.05) is 23.1 Å². The van der Waals surface area contributed by atoms with Crippen LogP contribution in [-0.4, -0.2) is 34.7 Å². The van der Waals surface area contributed by atoms with Gasteiger partial charge in [0.05, 0.1) is 18.2 Å². The maximum absolute atomic E-state index is 13.1. The molecule has 1 unspecified atom stereocenters. The van der Waals surface area contributed by atoms with Gasteiger partial charge in [-0.15, -0.1) is 0 Å². The number of phenolic OH excluding ortho intramolecular Hbond substituents is 2. The lowest BCUT2D eigenvalue weighted by Gasteiger charge is -2.27. The monoisotopic (exact) mass is 352 g/mol. The maximum atomic E-state index is 13.1. The zero-order chi connectivity index (χ0) is 18.7. The van der Waals surface area contributed by atoms with Crippen LogP contribution in [0, 0.1) is 5.92 Å². The molecule has 2 aromatic rings. The molecule has 132 valence electrons. The summed E-state index contributed by atoms with van der Waals surface area (Å²) in [6.45, 7) is 1.92. The summed E-state index contributed by atoms with van der Waals surface area (Å²) in [6.07, 6.45) is 0.830. The SMILES string of the molecule is COc1ccc2c(c1O)C(=O)c1c(O)cc3c(c1C2=O)C(=O)CC(C)C3. The van der Waals surface area contributed by atoms with E-state index in [-0.39, 0.29) is 57.4 Å². The molecular formula is C20H16O6. The first-order chi connectivity index (χ1) is 12.3. The Kier molecular flexibility index (Phi) is 3.41. The Balaban J connectivity index is 2.05. The van der Waals surface area contributed by atoms with Gasteiger partial charge in [0.25, 0.3) is 0 Å². The van der Waals surface area contributed by atoms with Crippen LogP contribution in [0.25, 0.3) is 0 Å². The highest BCUT2D eigenvalue weighted by Crippen LogP contribution is 2.44. The van der Waals surface area contributed by atoms with Crippen LogP contribution in [0.15, 0.2) is 18.2 Å². The standard InChI is InChI=1S/C20H16O6/c1-8-5-9-7-12(22)16-17(14(9)11(21)6-8)18(23)10-3-4-13(26-2)19(24)15(10)20(16)25/h3-4,7-8,22,24H,5-6H2,1-2H3. The molecule has 2 aliphatic rings. The van der Waals surface area contributed by atoms with Crippen molar-refractivity contribution in [1.29, 1.82) is 0 Å². The first-order valence-corrected chi connectivity index (χ1v) is 8.26. The number of hydrogen-bond donors (Lipinski definition) is 2. The van der Waals surface area contributed by atoms with Crippen molar-refractivity contribution in [3.63, 3.8) is 0 Å². The highest BCUT2D eigenvalue weighted by Gasteiger charge is 2.40. The Morgan fingerprint density at radius 2 is 1.69 bits per heavy atom. The van der Waals surface area contributed by atoms with E-state index in [1.165, 1.54) is 25.3 Å². The predicted octanol–water partition coefficient (Wildman–Crippen LogP) is 2.65. The Hall–Kier alpha value is -3.15. The Morgan fingerprint density at radius 3 is 2.38 bits per heavy atom. The fourth-order valence-electron chi connectivity index (χ4n) is 3.94. The zero-order valence-corrected chi connectivity index (χ0v) is 14.3. The molecular weight excluding hydrogens is 336 g/mol. The summed E-state index contributed by atoms with van der Waals surface area (Å²) in [5.74, 6) is -2.12. The molecule has 0 heterocycles. The minimum atomic E-state index is -0.697. The molecule has 2 N–H and O–H groups in total. The van der Waals surface area contributed by atoms with Crippen molar-refractivity contribution in [2.75, 3.05) is 7.11 Å². The van der Waals surface area contributed by atoms with Gasteiger partial charge < -0.3 is 14.9 Å². The van der Waals surface area contributed by atoms with Gasteiger partial charge in [-0.1, -0.05) is 6.92 Å². The van der Waals surface area contributed by atoms with Gasteiger partial charge in [-0.2, -0.15) is 0 Å². The fraction of sp³-hybridized carbons (Fsp3) is 0.250. The maximum Gasteiger partial charge on any atom is 0.202 e. The lowest BCUT2D eigenvalue weighted by molar-refractivity contribution is 0.0934. The van der Waals surface area contributed by atoms with Crippen molar-refractivity contribution >= 4 is 17.3 Å². The van der Waals surface area contributed by atoms with Gasteiger partial charge in [-0.25, -0.2) is 0 Å². The quantitative estimate of drug-likeness (QED) is 0.698. The van der Waals surface area contributed by atoms with Crippen molar-refractivity contribution in [1.82, 2.24) is 0 Å². The number of carbonyl (C=O) groups excluding carboxylic acids is 3. The summed E-state index contributed by atoms with van der Waals surface area (Å²) < 4.78 is 5.00. The number of fused-ring (bicyclic) bond motifs is 4. The Bertz CT molecular complexity index is 1020. The largest absolute Gasteiger partial charge is 0.507 e. The smallest absolute Gasteiger partial charge is 0.202 e. The van der Waals surface area contributed by atoms with Crippen LogP contribution in [0.3, 0.4) is 0 Å². The van der Waals surface area contributed by atoms with Crippen LogP contribution in [0.1, 0.15) is 61.1 Å². The Labute approximate surface area is 149 Å². The van der Waals surface area contributed by atoms with E-state index in [9.17, 15) is 24.6 Å². The van der Waals surface area contributed by atoms with Gasteiger partial charge in [-0.3, -0.25) is 14.4 Å². The number of ether oxygens (including phenoxy) is 1. The van der Waals surface area contributed by atoms with E-state index < -0.39 is 17.3 Å². The first kappa shape index (κ1) is 16.3. The van der Waals surface area contributed by atoms with Crippen LogP contribution in [0.4, 0.5) is 0 Å². The lowest BCUT2D eigenvalue weighted by Crippen LogP contribution is -2.28. The topological polar surface area (TPSA) is 101 Å². The first-order valence-electron chi connectivity index (χ1n) is 8.26. The van der Waals surface area contributed by atoms with E-state index in [0.717, 1.165) is 0 Å². The van der Waals surface area contributed by atoms with Crippen molar-refractivity contribution in [3.05, 3.63) is 51.6 Å². The van der Waals surface area contributed by atoms with Crippen LogP contribution < -0.4 is 4.74 Å². The van der Waals surface area contributed by atoms with E-state index in [2.05, 4.69) is 0 Å². The van der Waals surface area contributed by atoms with Gasteiger partial charge in [-0.05, 0) is 36.1 Å². The normalized spacial score (nSPS) is 18.2. The molecule has 0 aromatic heterocycles. The third-order valence-corrected chi connectivity index (χ3v) is 5.06. The molecule has 1 atom stereocenters. The molecule has 0 fully saturated rings. The van der Waals surface area contributed by atoms with Gasteiger partial charge in [0.2, 0.25) is 5.78 Å². The number of phenols is 2. The summed E-state index contributed by atoms with van der Waals surface area (Å²) in [5, 5.41) is 20.7. The van der Waals surface area contributed by atoms with Crippen molar-refractivity contribution < 1.29 is 29.3 Å². The fourth-order valence-corrected chi connectivity index (χ4v) is 3.94. The van der Waals surface area contributed by atoms with Gasteiger partial charge in [0.15, 0.2) is 23.1 Å². The number of rotatable bonds is 1. The van der Waals surface area contributed by atoms with Crippen LogP contribution in [0.2, 0.25) is 0 Å². The molecule has 0 saturated heterocycles. The molecule has 2 aromatic carbocycles. The van der Waals surface area contributed by atoms with Crippen LogP contribution >= 0.6 is 0 Å². The summed E-state index contributed by atoms with van der Waals surface area (Å²) >= 11 is 0. The van der Waals surface area contributed by atoms with E-state index in [4.69, 9.17) is 4.74 Å². The van der Waals surface area contributed by atoms with E-state index in [1.807, 2.05) is 6.92 Å².